The summed E-state index contributed by atoms with van der Waals surface area (Å²) in [7, 11) is 0. The smallest absolute Gasteiger partial charge is 0.0490 e. The van der Waals surface area contributed by atoms with E-state index in [1.165, 1.54) is 19.3 Å². The van der Waals surface area contributed by atoms with Gasteiger partial charge < -0.3 is 11.1 Å². The molecule has 3 heteroatoms. The van der Waals surface area contributed by atoms with Gasteiger partial charge in [-0.05, 0) is 59.8 Å². The Hall–Kier alpha value is -0.700. The summed E-state index contributed by atoms with van der Waals surface area (Å²) in [6.07, 6.45) is 4.10. The molecule has 3 N–H and O–H groups in total. The van der Waals surface area contributed by atoms with Crippen molar-refractivity contribution in [1.29, 1.82) is 0 Å². The first-order chi connectivity index (χ1) is 7.56. The molecule has 2 rings (SSSR count). The lowest BCUT2D eigenvalue weighted by molar-refractivity contribution is 0.642. The number of nitrogens with one attached hydrogen (secondary N) is 1. The second-order valence-corrected chi connectivity index (χ2v) is 5.77. The normalized spacial score (nSPS) is 17.2. The number of aryl methyl sites for hydroxylation is 1. The Morgan fingerprint density at radius 3 is 2.81 bits per heavy atom. The largest absolute Gasteiger partial charge is 0.398 e. The van der Waals surface area contributed by atoms with E-state index in [1.807, 2.05) is 13.0 Å². The lowest BCUT2D eigenvalue weighted by Gasteiger charge is -2.17. The van der Waals surface area contributed by atoms with Gasteiger partial charge in [-0.15, -0.1) is 0 Å². The monoisotopic (exact) mass is 282 g/mol. The molecule has 0 heterocycles. The van der Waals surface area contributed by atoms with E-state index in [2.05, 4.69) is 34.2 Å². The molecule has 1 unspecified atom stereocenters. The van der Waals surface area contributed by atoms with Crippen LogP contribution in [0.3, 0.4) is 0 Å². The summed E-state index contributed by atoms with van der Waals surface area (Å²) in [4.78, 5) is 0. The maximum absolute atomic E-state index is 5.85. The van der Waals surface area contributed by atoms with Crippen LogP contribution in [-0.2, 0) is 0 Å². The Morgan fingerprint density at radius 1 is 1.50 bits per heavy atom. The van der Waals surface area contributed by atoms with Gasteiger partial charge >= 0.3 is 0 Å². The molecule has 1 aliphatic rings. The minimum Gasteiger partial charge on any atom is -0.398 e. The van der Waals surface area contributed by atoms with E-state index in [1.54, 1.807) is 0 Å². The zero-order valence-corrected chi connectivity index (χ0v) is 11.5. The second kappa shape index (κ2) is 4.66. The van der Waals surface area contributed by atoms with Gasteiger partial charge in [0.1, 0.15) is 0 Å². The molecule has 0 spiro atoms. The van der Waals surface area contributed by atoms with E-state index in [4.69, 9.17) is 5.73 Å². The fraction of sp³-hybridized carbons (Fsp3) is 0.538. The summed E-state index contributed by atoms with van der Waals surface area (Å²) in [5, 5.41) is 3.55. The van der Waals surface area contributed by atoms with Crippen molar-refractivity contribution in [3.05, 3.63) is 22.2 Å². The molecule has 2 nitrogen and oxygen atoms in total. The van der Waals surface area contributed by atoms with Crippen LogP contribution in [0.1, 0.15) is 31.7 Å². The first-order valence-electron chi connectivity index (χ1n) is 5.88. The van der Waals surface area contributed by atoms with Gasteiger partial charge in [0.15, 0.2) is 0 Å². The Morgan fingerprint density at radius 2 is 2.19 bits per heavy atom. The van der Waals surface area contributed by atoms with Gasteiger partial charge in [-0.1, -0.05) is 12.8 Å². The van der Waals surface area contributed by atoms with E-state index in [9.17, 15) is 0 Å². The third kappa shape index (κ3) is 2.91. The fourth-order valence-corrected chi connectivity index (χ4v) is 2.46. The van der Waals surface area contributed by atoms with Crippen LogP contribution < -0.4 is 11.1 Å². The highest BCUT2D eigenvalue weighted by atomic mass is 79.9. The minimum absolute atomic E-state index is 0.534. The van der Waals surface area contributed by atoms with Crippen LogP contribution in [0, 0.1) is 12.8 Å². The van der Waals surface area contributed by atoms with Gasteiger partial charge in [0.05, 0.1) is 0 Å². The molecule has 0 amide bonds. The van der Waals surface area contributed by atoms with Crippen LogP contribution in [0.2, 0.25) is 0 Å². The number of halogens is 1. The highest BCUT2D eigenvalue weighted by Crippen LogP contribution is 2.35. The molecule has 1 aliphatic carbocycles. The van der Waals surface area contributed by atoms with Crippen LogP contribution in [-0.4, -0.2) is 6.04 Å². The Bertz CT molecular complexity index is 386. The van der Waals surface area contributed by atoms with Gasteiger partial charge in [0.2, 0.25) is 0 Å². The number of benzene rings is 1. The van der Waals surface area contributed by atoms with Crippen molar-refractivity contribution in [3.63, 3.8) is 0 Å². The van der Waals surface area contributed by atoms with Gasteiger partial charge in [-0.25, -0.2) is 0 Å². The number of anilines is 2. The average molecular weight is 283 g/mol. The minimum atomic E-state index is 0.534. The number of nitrogens with two attached hydrogens (primary N) is 1. The van der Waals surface area contributed by atoms with E-state index in [0.29, 0.717) is 6.04 Å². The highest BCUT2D eigenvalue weighted by molar-refractivity contribution is 9.10. The predicted molar refractivity (Wildman–Crippen MR) is 73.7 cm³/mol. The molecular weight excluding hydrogens is 264 g/mol. The summed E-state index contributed by atoms with van der Waals surface area (Å²) in [6.45, 7) is 4.29. The first kappa shape index (κ1) is 11.8. The van der Waals surface area contributed by atoms with E-state index in [0.717, 1.165) is 27.3 Å². The van der Waals surface area contributed by atoms with E-state index >= 15 is 0 Å². The van der Waals surface area contributed by atoms with Gasteiger partial charge in [0.25, 0.3) is 0 Å². The molecule has 0 aromatic heterocycles. The van der Waals surface area contributed by atoms with E-state index < -0.39 is 0 Å². The number of rotatable bonds is 4. The topological polar surface area (TPSA) is 38.0 Å². The standard InChI is InChI=1S/C13H19BrN2/c1-8-5-13(11(14)7-12(8)15)16-9(2)6-10-3-4-10/h5,7,9-10,16H,3-4,6,15H2,1-2H3. The third-order valence-corrected chi connectivity index (χ3v) is 3.80. The lowest BCUT2D eigenvalue weighted by atomic mass is 10.1. The zero-order valence-electron chi connectivity index (χ0n) is 9.89. The molecule has 1 aromatic carbocycles. The molecule has 0 aliphatic heterocycles. The van der Waals surface area contributed by atoms with Crippen molar-refractivity contribution < 1.29 is 0 Å². The Balaban J connectivity index is 2.04. The van der Waals surface area contributed by atoms with E-state index in [-0.39, 0.29) is 0 Å². The molecule has 1 atom stereocenters. The molecule has 1 fully saturated rings. The second-order valence-electron chi connectivity index (χ2n) is 4.91. The lowest BCUT2D eigenvalue weighted by Crippen LogP contribution is -2.16. The van der Waals surface area contributed by atoms with Crippen molar-refractivity contribution in [3.8, 4) is 0 Å². The molecule has 0 radical (unpaired) electrons. The molecule has 16 heavy (non-hydrogen) atoms. The maximum atomic E-state index is 5.85. The molecular formula is C13H19BrN2. The summed E-state index contributed by atoms with van der Waals surface area (Å²) in [6, 6.07) is 4.62. The number of nitrogen functional groups attached to an aromatic ring is 1. The molecule has 1 aromatic rings. The number of hydrogen-bond acceptors (Lipinski definition) is 2. The zero-order chi connectivity index (χ0) is 11.7. The van der Waals surface area contributed by atoms with Crippen molar-refractivity contribution in [2.75, 3.05) is 11.1 Å². The highest BCUT2D eigenvalue weighted by Gasteiger charge is 2.23. The maximum Gasteiger partial charge on any atom is 0.0490 e. The molecule has 1 saturated carbocycles. The quantitative estimate of drug-likeness (QED) is 0.821. The van der Waals surface area contributed by atoms with Crippen molar-refractivity contribution >= 4 is 27.3 Å². The van der Waals surface area contributed by atoms with Crippen LogP contribution in [0.25, 0.3) is 0 Å². The van der Waals surface area contributed by atoms with Crippen LogP contribution in [0.4, 0.5) is 11.4 Å². The average Bonchev–Trinajstić information content (AvgIpc) is 2.98. The molecule has 0 bridgehead atoms. The van der Waals surface area contributed by atoms with Crippen molar-refractivity contribution in [2.24, 2.45) is 5.92 Å². The Labute approximate surface area is 106 Å². The summed E-state index contributed by atoms with van der Waals surface area (Å²) in [5.74, 6) is 0.955. The fourth-order valence-electron chi connectivity index (χ4n) is 1.99. The van der Waals surface area contributed by atoms with Crippen LogP contribution in [0.15, 0.2) is 16.6 Å². The molecule has 0 saturated heterocycles. The van der Waals surface area contributed by atoms with Crippen molar-refractivity contribution in [1.82, 2.24) is 0 Å². The first-order valence-corrected chi connectivity index (χ1v) is 6.67. The predicted octanol–water partition coefficient (Wildman–Crippen LogP) is 3.94. The number of hydrogen-bond donors (Lipinski definition) is 2. The summed E-state index contributed by atoms with van der Waals surface area (Å²) in [5.41, 5.74) is 8.98. The summed E-state index contributed by atoms with van der Waals surface area (Å²) < 4.78 is 1.05. The molecule has 88 valence electrons. The third-order valence-electron chi connectivity index (χ3n) is 3.14. The Kier molecular flexibility index (Phi) is 3.43. The van der Waals surface area contributed by atoms with Crippen molar-refractivity contribution in [2.45, 2.75) is 39.2 Å². The van der Waals surface area contributed by atoms with Gasteiger partial charge in [0, 0.05) is 21.9 Å². The van der Waals surface area contributed by atoms with Crippen LogP contribution in [0.5, 0.6) is 0 Å². The SMILES string of the molecule is Cc1cc(NC(C)CC2CC2)c(Br)cc1N. The van der Waals surface area contributed by atoms with Gasteiger partial charge in [-0.2, -0.15) is 0 Å². The summed E-state index contributed by atoms with van der Waals surface area (Å²) >= 11 is 3.55. The van der Waals surface area contributed by atoms with Crippen LogP contribution >= 0.6 is 15.9 Å². The van der Waals surface area contributed by atoms with Gasteiger partial charge in [-0.3, -0.25) is 0 Å².